The van der Waals surface area contributed by atoms with Crippen LogP contribution in [0.3, 0.4) is 0 Å². The van der Waals surface area contributed by atoms with Crippen LogP contribution in [0.15, 0.2) is 0 Å². The Labute approximate surface area is 57.6 Å². The molecule has 1 atom stereocenters. The van der Waals surface area contributed by atoms with Crippen molar-refractivity contribution in [3.63, 3.8) is 0 Å². The largest absolute Gasteiger partial charge is 0.369 e. The molecule has 2 nitrogen and oxygen atoms in total. The lowest BCUT2D eigenvalue weighted by Gasteiger charge is -2.06. The van der Waals surface area contributed by atoms with Crippen molar-refractivity contribution >= 4 is 21.8 Å². The third-order valence-electron chi connectivity index (χ3n) is 0.857. The lowest BCUT2D eigenvalue weighted by atomic mass is 10.1. The first-order chi connectivity index (χ1) is 3.55. The summed E-state index contributed by atoms with van der Waals surface area (Å²) in [7, 11) is 0. The van der Waals surface area contributed by atoms with Crippen LogP contribution in [0, 0.1) is 5.92 Å². The van der Waals surface area contributed by atoms with Crippen molar-refractivity contribution in [2.24, 2.45) is 11.7 Å². The Morgan fingerprint density at radius 1 is 1.62 bits per heavy atom. The number of hydrogen-bond donors (Lipinski definition) is 1. The van der Waals surface area contributed by atoms with Crippen molar-refractivity contribution in [2.75, 3.05) is 0 Å². The molecule has 0 bridgehead atoms. The van der Waals surface area contributed by atoms with Crippen molar-refractivity contribution in [1.29, 1.82) is 0 Å². The van der Waals surface area contributed by atoms with Gasteiger partial charge in [-0.2, -0.15) is 0 Å². The van der Waals surface area contributed by atoms with Crippen LogP contribution in [0.2, 0.25) is 0 Å². The van der Waals surface area contributed by atoms with Crippen molar-refractivity contribution in [1.82, 2.24) is 0 Å². The minimum absolute atomic E-state index is 0.178. The molecule has 0 spiro atoms. The number of nitrogens with two attached hydrogens (primary N) is 1. The van der Waals surface area contributed by atoms with E-state index in [-0.39, 0.29) is 16.7 Å². The van der Waals surface area contributed by atoms with Gasteiger partial charge >= 0.3 is 0 Å². The molecule has 0 fully saturated rings. The molecule has 0 aromatic heterocycles. The number of halogens is 1. The van der Waals surface area contributed by atoms with Gasteiger partial charge in [-0.3, -0.25) is 4.79 Å². The standard InChI is InChI=1S/C5H10BrNO/c1-3(2)4(6)5(7)8/h3-4H,1-2H3,(H2,7,8). The van der Waals surface area contributed by atoms with Gasteiger partial charge in [0.25, 0.3) is 0 Å². The third kappa shape index (κ3) is 2.31. The highest BCUT2D eigenvalue weighted by molar-refractivity contribution is 9.10. The van der Waals surface area contributed by atoms with Gasteiger partial charge in [0.1, 0.15) is 0 Å². The zero-order valence-electron chi connectivity index (χ0n) is 5.02. The van der Waals surface area contributed by atoms with Gasteiger partial charge in [0.2, 0.25) is 5.91 Å². The van der Waals surface area contributed by atoms with Crippen LogP contribution >= 0.6 is 15.9 Å². The van der Waals surface area contributed by atoms with Gasteiger partial charge < -0.3 is 5.73 Å². The number of amides is 1. The van der Waals surface area contributed by atoms with E-state index >= 15 is 0 Å². The number of rotatable bonds is 2. The lowest BCUT2D eigenvalue weighted by Crippen LogP contribution is -2.27. The minimum Gasteiger partial charge on any atom is -0.369 e. The fourth-order valence-corrected chi connectivity index (χ4v) is 0.329. The molecule has 1 amide bonds. The summed E-state index contributed by atoms with van der Waals surface area (Å²) in [5.74, 6) is -0.00694. The summed E-state index contributed by atoms with van der Waals surface area (Å²) in [6.07, 6.45) is 0. The fraction of sp³-hybridized carbons (Fsp3) is 0.800. The van der Waals surface area contributed by atoms with Crippen LogP contribution in [-0.2, 0) is 4.79 Å². The average Bonchev–Trinajstić information content (AvgIpc) is 1.64. The molecule has 0 aliphatic carbocycles. The summed E-state index contributed by atoms with van der Waals surface area (Å²) in [6, 6.07) is 0. The molecule has 0 rings (SSSR count). The van der Waals surface area contributed by atoms with E-state index < -0.39 is 0 Å². The Kier molecular flexibility index (Phi) is 3.05. The Hall–Kier alpha value is -0.0500. The topological polar surface area (TPSA) is 43.1 Å². The first-order valence-electron chi connectivity index (χ1n) is 2.49. The number of carbonyl (C=O) groups is 1. The van der Waals surface area contributed by atoms with Crippen molar-refractivity contribution in [2.45, 2.75) is 18.7 Å². The van der Waals surface area contributed by atoms with E-state index in [1.165, 1.54) is 0 Å². The number of primary amides is 1. The van der Waals surface area contributed by atoms with E-state index in [1.807, 2.05) is 13.8 Å². The van der Waals surface area contributed by atoms with E-state index in [2.05, 4.69) is 15.9 Å². The Morgan fingerprint density at radius 3 is 2.00 bits per heavy atom. The lowest BCUT2D eigenvalue weighted by molar-refractivity contribution is -0.118. The minimum atomic E-state index is -0.292. The van der Waals surface area contributed by atoms with Gasteiger partial charge in [0.15, 0.2) is 0 Å². The number of hydrogen-bond acceptors (Lipinski definition) is 1. The number of alkyl halides is 1. The summed E-state index contributed by atoms with van der Waals surface area (Å²) >= 11 is 3.13. The molecule has 0 aromatic carbocycles. The first kappa shape index (κ1) is 7.95. The Bertz CT molecular complexity index is 92.4. The maximum Gasteiger partial charge on any atom is 0.231 e. The predicted molar refractivity (Wildman–Crippen MR) is 36.7 cm³/mol. The maximum atomic E-state index is 10.3. The molecule has 3 heteroatoms. The summed E-state index contributed by atoms with van der Waals surface area (Å²) in [5.41, 5.74) is 4.95. The van der Waals surface area contributed by atoms with Crippen LogP contribution in [0.5, 0.6) is 0 Å². The summed E-state index contributed by atoms with van der Waals surface area (Å²) < 4.78 is 0. The molecule has 0 aliphatic rings. The SMILES string of the molecule is CC(C)C(Br)C(N)=O. The van der Waals surface area contributed by atoms with E-state index in [1.54, 1.807) is 0 Å². The Balaban J connectivity index is 3.64. The molecule has 1 unspecified atom stereocenters. The highest BCUT2D eigenvalue weighted by Gasteiger charge is 2.13. The maximum absolute atomic E-state index is 10.3. The normalized spacial score (nSPS) is 14.0. The molecule has 0 radical (unpaired) electrons. The van der Waals surface area contributed by atoms with Gasteiger partial charge in [-0.25, -0.2) is 0 Å². The second-order valence-corrected chi connectivity index (χ2v) is 3.03. The van der Waals surface area contributed by atoms with Crippen molar-refractivity contribution < 1.29 is 4.79 Å². The van der Waals surface area contributed by atoms with E-state index in [4.69, 9.17) is 5.73 Å². The Morgan fingerprint density at radius 2 is 2.00 bits per heavy atom. The number of carbonyl (C=O) groups excluding carboxylic acids is 1. The van der Waals surface area contributed by atoms with Crippen molar-refractivity contribution in [3.05, 3.63) is 0 Å². The highest BCUT2D eigenvalue weighted by Crippen LogP contribution is 2.09. The van der Waals surface area contributed by atoms with Crippen LogP contribution in [0.1, 0.15) is 13.8 Å². The average molecular weight is 180 g/mol. The third-order valence-corrected chi connectivity index (χ3v) is 2.37. The second kappa shape index (κ2) is 3.07. The first-order valence-corrected chi connectivity index (χ1v) is 3.40. The fourth-order valence-electron chi connectivity index (χ4n) is 0.329. The van der Waals surface area contributed by atoms with Crippen LogP contribution < -0.4 is 5.73 Å². The zero-order chi connectivity index (χ0) is 6.73. The van der Waals surface area contributed by atoms with Gasteiger partial charge in [0.05, 0.1) is 4.83 Å². The van der Waals surface area contributed by atoms with Gasteiger partial charge in [-0.1, -0.05) is 29.8 Å². The quantitative estimate of drug-likeness (QED) is 0.630. The molecule has 0 saturated carbocycles. The molecular formula is C5H10BrNO. The molecule has 0 aromatic rings. The van der Waals surface area contributed by atoms with Crippen LogP contribution in [-0.4, -0.2) is 10.7 Å². The van der Waals surface area contributed by atoms with Crippen molar-refractivity contribution in [3.8, 4) is 0 Å². The summed E-state index contributed by atoms with van der Waals surface area (Å²) in [6.45, 7) is 3.87. The highest BCUT2D eigenvalue weighted by atomic mass is 79.9. The smallest absolute Gasteiger partial charge is 0.231 e. The summed E-state index contributed by atoms with van der Waals surface area (Å²) in [4.78, 5) is 10.1. The van der Waals surface area contributed by atoms with E-state index in [0.717, 1.165) is 0 Å². The molecule has 0 saturated heterocycles. The molecule has 0 aliphatic heterocycles. The molecule has 2 N–H and O–H groups in total. The molecule has 48 valence electrons. The second-order valence-electron chi connectivity index (χ2n) is 2.05. The van der Waals surface area contributed by atoms with Crippen LogP contribution in [0.25, 0.3) is 0 Å². The predicted octanol–water partition coefficient (Wildman–Crippen LogP) is 0.891. The molecule has 0 heterocycles. The van der Waals surface area contributed by atoms with E-state index in [0.29, 0.717) is 0 Å². The zero-order valence-corrected chi connectivity index (χ0v) is 6.60. The van der Waals surface area contributed by atoms with Gasteiger partial charge in [0, 0.05) is 0 Å². The molecular weight excluding hydrogens is 170 g/mol. The van der Waals surface area contributed by atoms with Gasteiger partial charge in [-0.05, 0) is 5.92 Å². The van der Waals surface area contributed by atoms with Crippen LogP contribution in [0.4, 0.5) is 0 Å². The monoisotopic (exact) mass is 179 g/mol. The molecule has 8 heavy (non-hydrogen) atoms. The van der Waals surface area contributed by atoms with E-state index in [9.17, 15) is 4.79 Å². The summed E-state index contributed by atoms with van der Waals surface area (Å²) in [5, 5.41) is 0. The van der Waals surface area contributed by atoms with Gasteiger partial charge in [-0.15, -0.1) is 0 Å².